The number of fused-ring (bicyclic) bond motifs is 16. The molecule has 6 heterocycles. The topological polar surface area (TPSA) is 35.3 Å². The van der Waals surface area contributed by atoms with Gasteiger partial charge in [0.05, 0.1) is 44.8 Å². The minimum Gasteiger partial charge on any atom is -0.458 e. The molecule has 0 unspecified atom stereocenters. The third-order valence-corrected chi connectivity index (χ3v) is 22.2. The maximum Gasteiger partial charge on any atom is 0.256 e. The number of anilines is 15. The summed E-state index contributed by atoms with van der Waals surface area (Å²) in [5.41, 5.74) is 29.6. The second kappa shape index (κ2) is 23.8. The Labute approximate surface area is 614 Å². The van der Waals surface area contributed by atoms with Gasteiger partial charge in [0.25, 0.3) is 13.4 Å². The van der Waals surface area contributed by atoms with Crippen LogP contribution < -0.4 is 62.0 Å². The molecule has 0 fully saturated rings. The Morgan fingerprint density at radius 3 is 0.991 bits per heavy atom. The number of aromatic nitrogens is 2. The lowest BCUT2D eigenvalue weighted by atomic mass is 9.30. The highest BCUT2D eigenvalue weighted by Gasteiger charge is 2.49. The van der Waals surface area contributed by atoms with Gasteiger partial charge in [0.2, 0.25) is 0 Å². The zero-order valence-corrected chi connectivity index (χ0v) is 57.6. The number of rotatable bonds is 11. The average molecular weight is 1350 g/mol. The molecule has 0 atom stereocenters. The molecule has 0 saturated heterocycles. The first kappa shape index (κ1) is 59.7. The molecule has 0 bridgehead atoms. The Morgan fingerprint density at radius 1 is 0.226 bits per heavy atom. The van der Waals surface area contributed by atoms with Crippen LogP contribution >= 0.6 is 0 Å². The fraction of sp³-hybridized carbons (Fsp3) is 0. The van der Waals surface area contributed by atoms with E-state index in [1.807, 2.05) is 0 Å². The van der Waals surface area contributed by atoms with Crippen molar-refractivity contribution < 1.29 is 4.74 Å². The minimum atomic E-state index is -0.317. The van der Waals surface area contributed by atoms with Crippen molar-refractivity contribution >= 4 is 175 Å². The molecule has 8 nitrogen and oxygen atoms in total. The van der Waals surface area contributed by atoms with E-state index in [1.54, 1.807) is 0 Å². The number of hydrogen-bond donors (Lipinski definition) is 0. The fourth-order valence-electron chi connectivity index (χ4n) is 18.0. The lowest BCUT2D eigenvalue weighted by Crippen LogP contribution is -2.64. The molecule has 4 aliphatic heterocycles. The van der Waals surface area contributed by atoms with Crippen LogP contribution in [0.4, 0.5) is 85.3 Å². The van der Waals surface area contributed by atoms with E-state index in [4.69, 9.17) is 4.74 Å². The molecule has 4 aliphatic rings. The number of benzene rings is 16. The van der Waals surface area contributed by atoms with E-state index in [0.717, 1.165) is 141 Å². The molecule has 0 spiro atoms. The second-order valence-corrected chi connectivity index (χ2v) is 27.9. The Bertz CT molecular complexity index is 6430. The molecule has 22 rings (SSSR count). The molecule has 18 aromatic rings. The third-order valence-electron chi connectivity index (χ3n) is 22.2. The van der Waals surface area contributed by atoms with Gasteiger partial charge in [0.15, 0.2) is 0 Å². The average Bonchev–Trinajstić information content (AvgIpc) is 1.24. The maximum absolute atomic E-state index is 8.02. The third kappa shape index (κ3) is 8.98. The van der Waals surface area contributed by atoms with E-state index >= 15 is 0 Å². The van der Waals surface area contributed by atoms with Gasteiger partial charge in [0, 0.05) is 108 Å². The van der Waals surface area contributed by atoms with Crippen molar-refractivity contribution in [2.75, 3.05) is 24.5 Å². The first-order chi connectivity index (χ1) is 52.7. The molecule has 0 saturated carbocycles. The van der Waals surface area contributed by atoms with Crippen molar-refractivity contribution in [3.05, 3.63) is 382 Å². The summed E-state index contributed by atoms with van der Waals surface area (Å²) in [6, 6.07) is 140. The normalized spacial score (nSPS) is 12.9. The summed E-state index contributed by atoms with van der Waals surface area (Å²) in [7, 11) is 0. The highest BCUT2D eigenvalue weighted by atomic mass is 16.5. The molecule has 10 heteroatoms. The van der Waals surface area contributed by atoms with Crippen LogP contribution in [0.15, 0.2) is 382 Å². The lowest BCUT2D eigenvalue weighted by Gasteiger charge is -2.46. The highest BCUT2D eigenvalue weighted by molar-refractivity contribution is 7.03. The summed E-state index contributed by atoms with van der Waals surface area (Å²) >= 11 is 0. The number of hydrogen-bond acceptors (Lipinski definition) is 6. The van der Waals surface area contributed by atoms with Gasteiger partial charge in [-0.3, -0.25) is 0 Å². The first-order valence-electron chi connectivity index (χ1n) is 36.5. The molecule has 0 aliphatic carbocycles. The quantitative estimate of drug-likeness (QED) is 0.120. The molecule has 0 N–H and O–H groups in total. The highest BCUT2D eigenvalue weighted by Crippen LogP contribution is 2.54. The van der Waals surface area contributed by atoms with Crippen molar-refractivity contribution in [1.29, 1.82) is 0 Å². The summed E-state index contributed by atoms with van der Waals surface area (Å²) in [5.74, 6) is 1.60. The van der Waals surface area contributed by atoms with Gasteiger partial charge in [-0.2, -0.15) is 0 Å². The Morgan fingerprint density at radius 2 is 0.566 bits per heavy atom. The van der Waals surface area contributed by atoms with Gasteiger partial charge in [-0.1, -0.05) is 218 Å². The molecular formula is C96H63B2N7O. The predicted molar refractivity (Wildman–Crippen MR) is 444 cm³/mol. The molecular weight excluding hydrogens is 1290 g/mol. The van der Waals surface area contributed by atoms with Gasteiger partial charge in [-0.25, -0.2) is 0 Å². The van der Waals surface area contributed by atoms with Crippen LogP contribution in [0.25, 0.3) is 55.0 Å². The monoisotopic (exact) mass is 1350 g/mol. The lowest BCUT2D eigenvalue weighted by molar-refractivity contribution is 0.488. The van der Waals surface area contributed by atoms with E-state index in [1.165, 1.54) is 43.4 Å². The molecule has 494 valence electrons. The van der Waals surface area contributed by atoms with Crippen LogP contribution in [0.2, 0.25) is 0 Å². The van der Waals surface area contributed by atoms with Crippen LogP contribution in [-0.4, -0.2) is 22.6 Å². The first-order valence-corrected chi connectivity index (χ1v) is 36.5. The second-order valence-electron chi connectivity index (χ2n) is 27.9. The largest absolute Gasteiger partial charge is 0.458 e. The zero-order chi connectivity index (χ0) is 69.5. The molecule has 16 aromatic carbocycles. The summed E-state index contributed by atoms with van der Waals surface area (Å²) in [6.45, 7) is -0.620. The zero-order valence-electron chi connectivity index (χ0n) is 57.6. The van der Waals surface area contributed by atoms with Crippen LogP contribution in [0.5, 0.6) is 11.5 Å². The van der Waals surface area contributed by atoms with Gasteiger partial charge in [-0.05, 0) is 184 Å². The summed E-state index contributed by atoms with van der Waals surface area (Å²) < 4.78 is 12.9. The molecule has 0 amide bonds. The van der Waals surface area contributed by atoms with Crippen molar-refractivity contribution in [2.45, 2.75) is 0 Å². The van der Waals surface area contributed by atoms with E-state index in [0.29, 0.717) is 0 Å². The van der Waals surface area contributed by atoms with Gasteiger partial charge in [-0.15, -0.1) is 0 Å². The van der Waals surface area contributed by atoms with Crippen LogP contribution in [0.3, 0.4) is 0 Å². The summed E-state index contributed by atoms with van der Waals surface area (Å²) in [4.78, 5) is 12.5. The Kier molecular flexibility index (Phi) is 13.4. The fourth-order valence-corrected chi connectivity index (χ4v) is 18.0. The van der Waals surface area contributed by atoms with Crippen molar-refractivity contribution in [3.63, 3.8) is 0 Å². The predicted octanol–water partition coefficient (Wildman–Crippen LogP) is 21.3. The van der Waals surface area contributed by atoms with Gasteiger partial charge < -0.3 is 38.4 Å². The van der Waals surface area contributed by atoms with Crippen LogP contribution in [0.1, 0.15) is 0 Å². The van der Waals surface area contributed by atoms with E-state index < -0.39 is 0 Å². The van der Waals surface area contributed by atoms with Crippen molar-refractivity contribution in [3.8, 4) is 22.9 Å². The van der Waals surface area contributed by atoms with E-state index in [2.05, 4.69) is 416 Å². The van der Waals surface area contributed by atoms with Gasteiger partial charge >= 0.3 is 0 Å². The Balaban J connectivity index is 0.883. The summed E-state index contributed by atoms with van der Waals surface area (Å²) in [6.07, 6.45) is 0. The molecule has 2 aromatic heterocycles. The van der Waals surface area contributed by atoms with Gasteiger partial charge in [0.1, 0.15) is 11.5 Å². The SMILES string of the molecule is c1ccc(N(c2ccccc2)c2cc3c4c(c2)N(c2ccccc2)c2c(ccc5c2c2ccccc2n5-c2ccccc2)B4c2cc4c(cc2O3)N(c2ccccc2)c2cc(N(c3ccccc3)c3ccccc3)cc3c2B4c2ccc4c(c2N3c2ccccc2)c2ccccc2n4-c2ccccc2)cc1. The standard InChI is InChI=1S/C96H63B2N7O/c1-10-32-64(33-11-1)99(65-34-12-2-13-35-65)73-58-86-93-87(59-73)104(71-46-24-8-25-47-71)95-77(54-56-83-91(95)75-50-28-30-52-81(75)101(83)68-40-18-5-19-41-68)97(93)79-62-80-89(63-85(79)103(86)70-44-22-7-23-45-70)106-90-61-74(100(66-36-14-3-15-37-66)67-38-16-4-17-39-67)60-88-94(90)98(80)78-55-57-84-92(96(78)105(88)72-48-26-9-27-49-72)76-51-29-31-53-82(76)102(84)69-42-20-6-21-43-69/h1-63H. The van der Waals surface area contributed by atoms with Crippen LogP contribution in [-0.2, 0) is 0 Å². The van der Waals surface area contributed by atoms with Crippen molar-refractivity contribution in [1.82, 2.24) is 9.13 Å². The molecule has 0 radical (unpaired) electrons. The number of ether oxygens (including phenoxy) is 1. The number of para-hydroxylation sites is 11. The maximum atomic E-state index is 8.02. The Hall–Kier alpha value is -14.0. The smallest absolute Gasteiger partial charge is 0.256 e. The van der Waals surface area contributed by atoms with Crippen LogP contribution in [0, 0.1) is 0 Å². The number of nitrogens with zero attached hydrogens (tertiary/aromatic N) is 7. The molecule has 106 heavy (non-hydrogen) atoms. The van der Waals surface area contributed by atoms with E-state index in [-0.39, 0.29) is 13.4 Å². The van der Waals surface area contributed by atoms with E-state index in [9.17, 15) is 0 Å². The minimum absolute atomic E-state index is 0.303. The summed E-state index contributed by atoms with van der Waals surface area (Å²) in [5, 5.41) is 4.72. The van der Waals surface area contributed by atoms with Crippen molar-refractivity contribution in [2.24, 2.45) is 0 Å².